The van der Waals surface area contributed by atoms with Crippen molar-refractivity contribution in [3.05, 3.63) is 81.6 Å². The van der Waals surface area contributed by atoms with E-state index in [4.69, 9.17) is 4.42 Å². The molecule has 0 unspecified atom stereocenters. The normalized spacial score (nSPS) is 16.8. The molecule has 44 heavy (non-hydrogen) atoms. The maximum absolute atomic E-state index is 13.0. The van der Waals surface area contributed by atoms with Crippen LogP contribution in [0.15, 0.2) is 40.8 Å². The second-order valence-corrected chi connectivity index (χ2v) is 12.0. The zero-order chi connectivity index (χ0) is 31.6. The molecule has 1 N–H and O–H groups in total. The topological polar surface area (TPSA) is 136 Å². The van der Waals surface area contributed by atoms with Crippen molar-refractivity contribution in [2.45, 2.75) is 50.5 Å². The quantitative estimate of drug-likeness (QED) is 0.392. The molecule has 0 radical (unpaired) electrons. The molecule has 3 aromatic rings. The Bertz CT molecular complexity index is 1550. The largest absolute Gasteiger partial charge is 0.424 e. The molecule has 1 atom stereocenters. The average molecular weight is 598 g/mol. The Hall–Kier alpha value is -4.56. The number of nitrogens with zero attached hydrogens (tertiary/aromatic N) is 6. The molecule has 1 saturated heterocycles. The van der Waals surface area contributed by atoms with Gasteiger partial charge in [0.15, 0.2) is 0 Å². The summed E-state index contributed by atoms with van der Waals surface area (Å²) in [6.45, 7) is 2.86. The predicted molar refractivity (Wildman–Crippen MR) is 163 cm³/mol. The highest BCUT2D eigenvalue weighted by Gasteiger charge is 2.45. The standard InChI is InChI=1S/C33H39N7O4/c1-21-36-37-32(44-21)33(14-15-35-20-29(41)40-16-6-7-26(40)19-34)27-12-10-24(30(42)38(2)3)17-22(27)8-9-23-18-25(11-13-28(23)33)31(43)39(4)5/h10-13,17-18,26,35H,6-9,14-16,20H2,1-5H3/t26-/m0/s1. The van der Waals surface area contributed by atoms with Crippen LogP contribution < -0.4 is 5.32 Å². The number of hydrogen-bond donors (Lipinski definition) is 1. The number of likely N-dealkylation sites (tertiary alicyclic amines) is 1. The summed E-state index contributed by atoms with van der Waals surface area (Å²) in [6, 6.07) is 13.4. The molecular weight excluding hydrogens is 558 g/mol. The molecule has 2 aromatic carbocycles. The van der Waals surface area contributed by atoms with Crippen molar-refractivity contribution in [2.75, 3.05) is 47.8 Å². The Morgan fingerprint density at radius 2 is 1.59 bits per heavy atom. The van der Waals surface area contributed by atoms with Crippen LogP contribution in [0.5, 0.6) is 0 Å². The van der Waals surface area contributed by atoms with Crippen molar-refractivity contribution in [3.63, 3.8) is 0 Å². The van der Waals surface area contributed by atoms with E-state index >= 15 is 0 Å². The van der Waals surface area contributed by atoms with Gasteiger partial charge in [-0.2, -0.15) is 5.26 Å². The zero-order valence-electron chi connectivity index (χ0n) is 26.0. The van der Waals surface area contributed by atoms with Gasteiger partial charge in [-0.1, -0.05) is 12.1 Å². The van der Waals surface area contributed by atoms with Gasteiger partial charge in [0.05, 0.1) is 12.6 Å². The van der Waals surface area contributed by atoms with Crippen molar-refractivity contribution in [1.82, 2.24) is 30.2 Å². The zero-order valence-corrected chi connectivity index (χ0v) is 26.0. The lowest BCUT2D eigenvalue weighted by Crippen LogP contribution is -2.42. The first kappa shape index (κ1) is 30.9. The van der Waals surface area contributed by atoms with E-state index < -0.39 is 5.41 Å². The number of nitriles is 1. The molecule has 2 aliphatic rings. The van der Waals surface area contributed by atoms with Crippen LogP contribution >= 0.6 is 0 Å². The number of aryl methyl sites for hydroxylation is 3. The van der Waals surface area contributed by atoms with E-state index in [1.165, 1.54) is 0 Å². The molecule has 0 bridgehead atoms. The summed E-state index contributed by atoms with van der Waals surface area (Å²) in [6.07, 6.45) is 3.27. The van der Waals surface area contributed by atoms with E-state index in [1.54, 1.807) is 49.8 Å². The summed E-state index contributed by atoms with van der Waals surface area (Å²) in [4.78, 5) is 43.7. The summed E-state index contributed by atoms with van der Waals surface area (Å²) in [5.74, 6) is 0.549. The smallest absolute Gasteiger partial charge is 0.253 e. The Morgan fingerprint density at radius 1 is 1.00 bits per heavy atom. The summed E-state index contributed by atoms with van der Waals surface area (Å²) in [7, 11) is 6.92. The van der Waals surface area contributed by atoms with Gasteiger partial charge in [0.1, 0.15) is 11.5 Å². The third kappa shape index (κ3) is 5.69. The summed E-state index contributed by atoms with van der Waals surface area (Å²) in [5, 5.41) is 21.5. The van der Waals surface area contributed by atoms with Crippen molar-refractivity contribution in [1.29, 1.82) is 5.26 Å². The first-order valence-electron chi connectivity index (χ1n) is 15.0. The highest BCUT2D eigenvalue weighted by atomic mass is 16.4. The Labute approximate surface area is 257 Å². The van der Waals surface area contributed by atoms with E-state index in [0.717, 1.165) is 28.7 Å². The maximum atomic E-state index is 13.0. The van der Waals surface area contributed by atoms with Gasteiger partial charge in [-0.05, 0) is 85.2 Å². The van der Waals surface area contributed by atoms with Gasteiger partial charge < -0.3 is 24.4 Å². The number of fused-ring (bicyclic) bond motifs is 2. The number of carbonyl (C=O) groups is 3. The molecule has 0 saturated carbocycles. The van der Waals surface area contributed by atoms with Crippen LogP contribution in [-0.2, 0) is 23.1 Å². The third-order valence-corrected chi connectivity index (χ3v) is 8.67. The van der Waals surface area contributed by atoms with Gasteiger partial charge in [-0.25, -0.2) is 0 Å². The first-order valence-corrected chi connectivity index (χ1v) is 15.0. The lowest BCUT2D eigenvalue weighted by molar-refractivity contribution is -0.130. The monoisotopic (exact) mass is 597 g/mol. The fourth-order valence-corrected chi connectivity index (χ4v) is 6.48. The molecule has 1 fully saturated rings. The molecule has 11 heteroatoms. The maximum Gasteiger partial charge on any atom is 0.253 e. The Morgan fingerprint density at radius 3 is 2.09 bits per heavy atom. The van der Waals surface area contributed by atoms with Crippen molar-refractivity contribution in [2.24, 2.45) is 0 Å². The van der Waals surface area contributed by atoms with Crippen LogP contribution in [0.1, 0.15) is 74.0 Å². The van der Waals surface area contributed by atoms with Crippen molar-refractivity contribution in [3.8, 4) is 6.07 Å². The lowest BCUT2D eigenvalue weighted by atomic mass is 9.69. The van der Waals surface area contributed by atoms with E-state index in [0.29, 0.717) is 61.7 Å². The SMILES string of the molecule is Cc1nnc(C2(CCNCC(=O)N3CCC[C@H]3C#N)c3ccc(C(=O)N(C)C)cc3CCc3cc(C(=O)N(C)C)ccc32)o1. The molecule has 5 rings (SSSR count). The van der Waals surface area contributed by atoms with Crippen LogP contribution in [0.25, 0.3) is 0 Å². The molecule has 230 valence electrons. The Kier molecular flexibility index (Phi) is 8.83. The minimum atomic E-state index is -0.916. The second-order valence-electron chi connectivity index (χ2n) is 12.0. The molecule has 2 heterocycles. The van der Waals surface area contributed by atoms with Gasteiger partial charge in [0, 0.05) is 52.8 Å². The molecule has 1 aliphatic heterocycles. The first-order chi connectivity index (χ1) is 21.1. The van der Waals surface area contributed by atoms with E-state index in [1.807, 2.05) is 36.4 Å². The molecule has 0 spiro atoms. The Balaban J connectivity index is 1.59. The number of rotatable bonds is 8. The third-order valence-electron chi connectivity index (χ3n) is 8.67. The van der Waals surface area contributed by atoms with Crippen LogP contribution in [-0.4, -0.2) is 96.5 Å². The molecule has 1 aliphatic carbocycles. The fraction of sp³-hybridized carbons (Fsp3) is 0.455. The highest BCUT2D eigenvalue weighted by molar-refractivity contribution is 5.95. The molecule has 1 aromatic heterocycles. The van der Waals surface area contributed by atoms with Gasteiger partial charge in [0.25, 0.3) is 11.8 Å². The van der Waals surface area contributed by atoms with Gasteiger partial charge >= 0.3 is 0 Å². The minimum Gasteiger partial charge on any atom is -0.424 e. The predicted octanol–water partition coefficient (Wildman–Crippen LogP) is 2.71. The van der Waals surface area contributed by atoms with Crippen molar-refractivity contribution >= 4 is 17.7 Å². The summed E-state index contributed by atoms with van der Waals surface area (Å²) < 4.78 is 6.20. The van der Waals surface area contributed by atoms with E-state index in [2.05, 4.69) is 21.6 Å². The average Bonchev–Trinajstić information content (AvgIpc) is 3.66. The van der Waals surface area contributed by atoms with Crippen LogP contribution in [0.2, 0.25) is 0 Å². The van der Waals surface area contributed by atoms with Gasteiger partial charge in [-0.15, -0.1) is 10.2 Å². The van der Waals surface area contributed by atoms with E-state index in [-0.39, 0.29) is 30.3 Å². The number of hydrogen-bond acceptors (Lipinski definition) is 8. The van der Waals surface area contributed by atoms with Gasteiger partial charge in [-0.3, -0.25) is 14.4 Å². The molecule has 11 nitrogen and oxygen atoms in total. The number of amides is 3. The minimum absolute atomic E-state index is 0.0922. The number of benzene rings is 2. The second kappa shape index (κ2) is 12.6. The van der Waals surface area contributed by atoms with E-state index in [9.17, 15) is 19.6 Å². The molecule has 3 amide bonds. The highest BCUT2D eigenvalue weighted by Crippen LogP contribution is 2.47. The number of aromatic nitrogens is 2. The summed E-state index contributed by atoms with van der Waals surface area (Å²) in [5.41, 5.74) is 4.10. The van der Waals surface area contributed by atoms with Crippen molar-refractivity contribution < 1.29 is 18.8 Å². The van der Waals surface area contributed by atoms with Crippen LogP contribution in [0.4, 0.5) is 0 Å². The molecular formula is C33H39N7O4. The fourth-order valence-electron chi connectivity index (χ4n) is 6.48. The van der Waals surface area contributed by atoms with Crippen LogP contribution in [0, 0.1) is 18.3 Å². The lowest BCUT2D eigenvalue weighted by Gasteiger charge is -2.34. The van der Waals surface area contributed by atoms with Crippen LogP contribution in [0.3, 0.4) is 0 Å². The number of carbonyl (C=O) groups excluding carboxylic acids is 3. The number of nitrogens with one attached hydrogen (secondary N) is 1. The van der Waals surface area contributed by atoms with Gasteiger partial charge in [0.2, 0.25) is 17.7 Å². The summed E-state index contributed by atoms with van der Waals surface area (Å²) >= 11 is 0.